The zero-order valence-electron chi connectivity index (χ0n) is 14.8. The molecule has 2 fully saturated rings. The fraction of sp³-hybridized carbons (Fsp3) is 0.381. The van der Waals surface area contributed by atoms with Crippen LogP contribution < -0.4 is 15.1 Å². The van der Waals surface area contributed by atoms with Crippen LogP contribution in [0, 0.1) is 0 Å². The lowest BCUT2D eigenvalue weighted by atomic mass is 10.0. The van der Waals surface area contributed by atoms with Crippen LogP contribution in [0.4, 0.5) is 5.69 Å². The molecular weight excluding hydrogens is 346 g/mol. The molecule has 2 aliphatic rings. The summed E-state index contributed by atoms with van der Waals surface area (Å²) < 4.78 is 0. The second-order valence-electron chi connectivity index (χ2n) is 7.25. The molecule has 26 heavy (non-hydrogen) atoms. The number of hydrogen-bond donors (Lipinski definition) is 2. The molecule has 136 valence electrons. The Hall–Kier alpha value is -2.04. The molecule has 1 heterocycles. The van der Waals surface area contributed by atoms with Crippen LogP contribution in [0.25, 0.3) is 0 Å². The van der Waals surface area contributed by atoms with Crippen molar-refractivity contribution in [3.8, 4) is 0 Å². The van der Waals surface area contributed by atoms with Crippen molar-refractivity contribution in [3.05, 3.63) is 65.2 Å². The van der Waals surface area contributed by atoms with Crippen molar-refractivity contribution in [2.75, 3.05) is 31.1 Å². The van der Waals surface area contributed by atoms with E-state index in [4.69, 9.17) is 11.6 Å². The topological polar surface area (TPSA) is 36.8 Å². The minimum atomic E-state index is -0.127. The van der Waals surface area contributed by atoms with E-state index in [0.29, 0.717) is 6.04 Å². The van der Waals surface area contributed by atoms with Crippen molar-refractivity contribution in [2.24, 2.45) is 0 Å². The predicted molar refractivity (Wildman–Crippen MR) is 105 cm³/mol. The Bertz CT molecular complexity index is 755. The Morgan fingerprint density at radius 2 is 1.81 bits per heavy atom. The maximum Gasteiger partial charge on any atom is 0.283 e. The third kappa shape index (κ3) is 4.02. The van der Waals surface area contributed by atoms with Crippen molar-refractivity contribution in [3.63, 3.8) is 0 Å². The summed E-state index contributed by atoms with van der Waals surface area (Å²) in [6.45, 7) is 3.72. The quantitative estimate of drug-likeness (QED) is 0.845. The molecule has 5 heteroatoms. The summed E-state index contributed by atoms with van der Waals surface area (Å²) >= 11 is 6.13. The van der Waals surface area contributed by atoms with E-state index in [1.807, 2.05) is 36.4 Å². The molecule has 4 nitrogen and oxygen atoms in total. The molecule has 0 aromatic heterocycles. The number of anilines is 1. The van der Waals surface area contributed by atoms with Crippen LogP contribution >= 0.6 is 11.6 Å². The van der Waals surface area contributed by atoms with Gasteiger partial charge in [0.25, 0.3) is 5.91 Å². The van der Waals surface area contributed by atoms with Crippen LogP contribution in [0.15, 0.2) is 54.6 Å². The van der Waals surface area contributed by atoms with Gasteiger partial charge in [0.15, 0.2) is 6.04 Å². The van der Waals surface area contributed by atoms with Crippen LogP contribution in [0.5, 0.6) is 0 Å². The first-order valence-electron chi connectivity index (χ1n) is 9.41. The van der Waals surface area contributed by atoms with Gasteiger partial charge in [-0.25, -0.2) is 0 Å². The van der Waals surface area contributed by atoms with E-state index in [1.54, 1.807) is 0 Å². The summed E-state index contributed by atoms with van der Waals surface area (Å²) in [5.41, 5.74) is 2.27. The van der Waals surface area contributed by atoms with E-state index in [1.165, 1.54) is 4.90 Å². The second-order valence-corrected chi connectivity index (χ2v) is 7.69. The van der Waals surface area contributed by atoms with Gasteiger partial charge in [-0.1, -0.05) is 48.0 Å². The Labute approximate surface area is 159 Å². The predicted octanol–water partition coefficient (Wildman–Crippen LogP) is 2.06. The lowest BCUT2D eigenvalue weighted by Crippen LogP contribution is -3.16. The van der Waals surface area contributed by atoms with Gasteiger partial charge in [0.1, 0.15) is 0 Å². The zero-order chi connectivity index (χ0) is 17.9. The smallest absolute Gasteiger partial charge is 0.283 e. The number of halogens is 1. The van der Waals surface area contributed by atoms with E-state index < -0.39 is 0 Å². The standard InChI is InChI=1S/C21H24ClN3O/c22-17-7-4-8-19(15-17)24-11-13-25(14-12-24)20(16-5-2-1-3-6-16)21(26)23-18-9-10-18/h1-8,15,18,20H,9-14H2,(H,23,26)/p+1/t20-/m0/s1. The highest BCUT2D eigenvalue weighted by atomic mass is 35.5. The van der Waals surface area contributed by atoms with E-state index >= 15 is 0 Å². The monoisotopic (exact) mass is 370 g/mol. The molecule has 1 saturated heterocycles. The number of hydrogen-bond acceptors (Lipinski definition) is 2. The first-order chi connectivity index (χ1) is 12.7. The summed E-state index contributed by atoms with van der Waals surface area (Å²) in [4.78, 5) is 16.6. The lowest BCUT2D eigenvalue weighted by Gasteiger charge is -2.37. The van der Waals surface area contributed by atoms with Crippen LogP contribution in [-0.2, 0) is 4.79 Å². The van der Waals surface area contributed by atoms with E-state index in [9.17, 15) is 4.79 Å². The molecule has 0 unspecified atom stereocenters. The Morgan fingerprint density at radius 1 is 1.08 bits per heavy atom. The van der Waals surface area contributed by atoms with E-state index in [2.05, 4.69) is 28.4 Å². The Morgan fingerprint density at radius 3 is 2.46 bits per heavy atom. The maximum absolute atomic E-state index is 12.9. The van der Waals surface area contributed by atoms with E-state index in [0.717, 1.165) is 55.3 Å². The number of piperazine rings is 1. The molecule has 0 bridgehead atoms. The molecule has 0 radical (unpaired) electrons. The van der Waals surface area contributed by atoms with Gasteiger partial charge in [0.05, 0.1) is 26.2 Å². The fourth-order valence-corrected chi connectivity index (χ4v) is 3.93. The van der Waals surface area contributed by atoms with Gasteiger partial charge >= 0.3 is 0 Å². The van der Waals surface area contributed by atoms with Crippen molar-refractivity contribution < 1.29 is 9.69 Å². The zero-order valence-corrected chi connectivity index (χ0v) is 15.6. The molecule has 4 rings (SSSR count). The number of amides is 1. The van der Waals surface area contributed by atoms with Crippen LogP contribution in [-0.4, -0.2) is 38.1 Å². The minimum absolute atomic E-state index is 0.127. The normalized spacial score (nSPS) is 19.2. The summed E-state index contributed by atoms with van der Waals surface area (Å²) in [6, 6.07) is 18.5. The summed E-state index contributed by atoms with van der Waals surface area (Å²) in [5, 5.41) is 3.98. The maximum atomic E-state index is 12.9. The summed E-state index contributed by atoms with van der Waals surface area (Å²) in [6.07, 6.45) is 2.23. The largest absolute Gasteiger partial charge is 0.360 e. The van der Waals surface area contributed by atoms with Gasteiger partial charge < -0.3 is 15.1 Å². The number of nitrogens with one attached hydrogen (secondary N) is 2. The Balaban J connectivity index is 1.47. The highest BCUT2D eigenvalue weighted by molar-refractivity contribution is 6.30. The summed E-state index contributed by atoms with van der Waals surface area (Å²) in [5.74, 6) is 0.171. The summed E-state index contributed by atoms with van der Waals surface area (Å²) in [7, 11) is 0. The molecule has 1 aliphatic heterocycles. The van der Waals surface area contributed by atoms with Crippen LogP contribution in [0.3, 0.4) is 0 Å². The molecule has 1 amide bonds. The second kappa shape index (κ2) is 7.68. The SMILES string of the molecule is O=C(NC1CC1)[C@H](c1ccccc1)[NH+]1CCN(c2cccc(Cl)c2)CC1. The third-order valence-corrected chi connectivity index (χ3v) is 5.54. The van der Waals surface area contributed by atoms with E-state index in [-0.39, 0.29) is 11.9 Å². The Kier molecular flexibility index (Phi) is 5.14. The molecule has 2 N–H and O–H groups in total. The number of carbonyl (C=O) groups is 1. The number of nitrogens with zero attached hydrogens (tertiary/aromatic N) is 1. The first kappa shape index (κ1) is 17.4. The first-order valence-corrected chi connectivity index (χ1v) is 9.79. The van der Waals surface area contributed by atoms with Crippen LogP contribution in [0.1, 0.15) is 24.4 Å². The molecule has 2 aromatic carbocycles. The van der Waals surface area contributed by atoms with Gasteiger partial charge in [0.2, 0.25) is 0 Å². The van der Waals surface area contributed by atoms with Gasteiger partial charge in [-0.15, -0.1) is 0 Å². The van der Waals surface area contributed by atoms with Gasteiger partial charge in [-0.3, -0.25) is 4.79 Å². The minimum Gasteiger partial charge on any atom is -0.360 e. The average Bonchev–Trinajstić information content (AvgIpc) is 3.47. The molecule has 0 spiro atoms. The molecule has 1 saturated carbocycles. The molecule has 2 aromatic rings. The van der Waals surface area contributed by atoms with Crippen molar-refractivity contribution in [1.82, 2.24) is 5.32 Å². The van der Waals surface area contributed by atoms with Crippen molar-refractivity contribution in [2.45, 2.75) is 24.9 Å². The number of rotatable bonds is 5. The van der Waals surface area contributed by atoms with Gasteiger partial charge in [-0.05, 0) is 31.0 Å². The van der Waals surface area contributed by atoms with Crippen molar-refractivity contribution >= 4 is 23.2 Å². The highest BCUT2D eigenvalue weighted by Gasteiger charge is 2.36. The molecular formula is C21H25ClN3O+. The number of benzene rings is 2. The van der Waals surface area contributed by atoms with Gasteiger partial charge in [0, 0.05) is 22.3 Å². The average molecular weight is 371 g/mol. The lowest BCUT2D eigenvalue weighted by molar-refractivity contribution is -0.922. The fourth-order valence-electron chi connectivity index (χ4n) is 3.74. The number of carbonyl (C=O) groups excluding carboxylic acids is 1. The highest BCUT2D eigenvalue weighted by Crippen LogP contribution is 2.22. The van der Waals surface area contributed by atoms with Gasteiger partial charge in [-0.2, -0.15) is 0 Å². The third-order valence-electron chi connectivity index (χ3n) is 5.31. The van der Waals surface area contributed by atoms with Crippen LogP contribution in [0.2, 0.25) is 5.02 Å². The molecule has 1 atom stereocenters. The molecule has 1 aliphatic carbocycles. The van der Waals surface area contributed by atoms with Crippen molar-refractivity contribution in [1.29, 1.82) is 0 Å². The number of quaternary nitrogens is 1.